The third-order valence-electron chi connectivity index (χ3n) is 3.04. The molecular formula is C12H15NO. The quantitative estimate of drug-likeness (QED) is 0.757. The SMILES string of the molecule is CCc1ccc2c(c1)CCC2C(N)=O. The summed E-state index contributed by atoms with van der Waals surface area (Å²) in [5.41, 5.74) is 9.15. The fourth-order valence-corrected chi connectivity index (χ4v) is 2.19. The molecular weight excluding hydrogens is 174 g/mol. The van der Waals surface area contributed by atoms with Gasteiger partial charge in [0.25, 0.3) is 0 Å². The zero-order chi connectivity index (χ0) is 10.1. The van der Waals surface area contributed by atoms with Crippen molar-refractivity contribution in [3.05, 3.63) is 34.9 Å². The molecule has 1 aliphatic carbocycles. The molecule has 0 radical (unpaired) electrons. The van der Waals surface area contributed by atoms with Gasteiger partial charge < -0.3 is 5.73 Å². The van der Waals surface area contributed by atoms with Crippen LogP contribution in [0.25, 0.3) is 0 Å². The number of fused-ring (bicyclic) bond motifs is 1. The van der Waals surface area contributed by atoms with Crippen molar-refractivity contribution in [2.24, 2.45) is 5.73 Å². The highest BCUT2D eigenvalue weighted by atomic mass is 16.1. The lowest BCUT2D eigenvalue weighted by molar-refractivity contribution is -0.119. The fourth-order valence-electron chi connectivity index (χ4n) is 2.19. The Bertz CT molecular complexity index is 371. The molecule has 1 amide bonds. The molecule has 1 unspecified atom stereocenters. The Balaban J connectivity index is 2.38. The van der Waals surface area contributed by atoms with Crippen molar-refractivity contribution in [3.8, 4) is 0 Å². The molecule has 2 rings (SSSR count). The van der Waals surface area contributed by atoms with E-state index in [9.17, 15) is 4.79 Å². The third-order valence-corrected chi connectivity index (χ3v) is 3.04. The summed E-state index contributed by atoms with van der Waals surface area (Å²) in [6.07, 6.45) is 2.93. The molecule has 0 spiro atoms. The van der Waals surface area contributed by atoms with Crippen LogP contribution in [0.15, 0.2) is 18.2 Å². The van der Waals surface area contributed by atoms with Crippen LogP contribution in [-0.2, 0) is 17.6 Å². The van der Waals surface area contributed by atoms with Crippen molar-refractivity contribution in [1.29, 1.82) is 0 Å². The lowest BCUT2D eigenvalue weighted by Crippen LogP contribution is -2.19. The maximum absolute atomic E-state index is 11.1. The first-order valence-corrected chi connectivity index (χ1v) is 5.13. The van der Waals surface area contributed by atoms with Crippen molar-refractivity contribution in [2.75, 3.05) is 0 Å². The zero-order valence-corrected chi connectivity index (χ0v) is 8.42. The molecule has 1 aromatic carbocycles. The number of nitrogens with two attached hydrogens (primary N) is 1. The van der Waals surface area contributed by atoms with Gasteiger partial charge in [0, 0.05) is 0 Å². The predicted molar refractivity (Wildman–Crippen MR) is 56.1 cm³/mol. The molecule has 0 fully saturated rings. The summed E-state index contributed by atoms with van der Waals surface area (Å²) in [6, 6.07) is 6.37. The highest BCUT2D eigenvalue weighted by Gasteiger charge is 2.26. The minimum atomic E-state index is -0.187. The summed E-state index contributed by atoms with van der Waals surface area (Å²) in [5.74, 6) is -0.232. The van der Waals surface area contributed by atoms with Crippen molar-refractivity contribution >= 4 is 5.91 Å². The summed E-state index contributed by atoms with van der Waals surface area (Å²) < 4.78 is 0. The number of amides is 1. The smallest absolute Gasteiger partial charge is 0.224 e. The van der Waals surface area contributed by atoms with Gasteiger partial charge in [-0.05, 0) is 36.0 Å². The minimum Gasteiger partial charge on any atom is -0.369 e. The number of rotatable bonds is 2. The van der Waals surface area contributed by atoms with E-state index in [0.717, 1.165) is 24.8 Å². The number of carbonyl (C=O) groups excluding carboxylic acids is 1. The van der Waals surface area contributed by atoms with E-state index in [-0.39, 0.29) is 11.8 Å². The number of aryl methyl sites for hydroxylation is 2. The van der Waals surface area contributed by atoms with E-state index in [1.807, 2.05) is 0 Å². The molecule has 2 nitrogen and oxygen atoms in total. The van der Waals surface area contributed by atoms with E-state index >= 15 is 0 Å². The Kier molecular flexibility index (Phi) is 2.28. The predicted octanol–water partition coefficient (Wildman–Crippen LogP) is 1.76. The highest BCUT2D eigenvalue weighted by molar-refractivity contribution is 5.83. The van der Waals surface area contributed by atoms with Gasteiger partial charge in [-0.1, -0.05) is 25.1 Å². The summed E-state index contributed by atoms with van der Waals surface area (Å²) in [4.78, 5) is 11.1. The maximum Gasteiger partial charge on any atom is 0.224 e. The Morgan fingerprint density at radius 1 is 1.57 bits per heavy atom. The van der Waals surface area contributed by atoms with Gasteiger partial charge in [0.1, 0.15) is 0 Å². The van der Waals surface area contributed by atoms with Gasteiger partial charge in [-0.2, -0.15) is 0 Å². The maximum atomic E-state index is 11.1. The van der Waals surface area contributed by atoms with Crippen molar-refractivity contribution < 1.29 is 4.79 Å². The van der Waals surface area contributed by atoms with Gasteiger partial charge in [0.05, 0.1) is 5.92 Å². The van der Waals surface area contributed by atoms with Gasteiger partial charge >= 0.3 is 0 Å². The molecule has 74 valence electrons. The standard InChI is InChI=1S/C12H15NO/c1-2-8-3-5-10-9(7-8)4-6-11(10)12(13)14/h3,5,7,11H,2,4,6H2,1H3,(H2,13,14). The number of hydrogen-bond acceptors (Lipinski definition) is 1. The average molecular weight is 189 g/mol. The first kappa shape index (κ1) is 9.25. The second kappa shape index (κ2) is 3.45. The molecule has 14 heavy (non-hydrogen) atoms. The van der Waals surface area contributed by atoms with Crippen molar-refractivity contribution in [3.63, 3.8) is 0 Å². The number of primary amides is 1. The summed E-state index contributed by atoms with van der Waals surface area (Å²) in [7, 11) is 0. The Labute approximate surface area is 84.1 Å². The van der Waals surface area contributed by atoms with E-state index in [1.54, 1.807) is 0 Å². The van der Waals surface area contributed by atoms with E-state index in [0.29, 0.717) is 0 Å². The molecule has 0 aromatic heterocycles. The third kappa shape index (κ3) is 1.41. The van der Waals surface area contributed by atoms with Crippen LogP contribution in [0.4, 0.5) is 0 Å². The normalized spacial score (nSPS) is 19.4. The number of carbonyl (C=O) groups is 1. The molecule has 1 aliphatic rings. The summed E-state index contributed by atoms with van der Waals surface area (Å²) in [6.45, 7) is 2.14. The summed E-state index contributed by atoms with van der Waals surface area (Å²) >= 11 is 0. The molecule has 1 atom stereocenters. The van der Waals surface area contributed by atoms with Crippen LogP contribution in [0, 0.1) is 0 Å². The second-order valence-electron chi connectivity index (χ2n) is 3.88. The van der Waals surface area contributed by atoms with E-state index in [2.05, 4.69) is 25.1 Å². The van der Waals surface area contributed by atoms with E-state index < -0.39 is 0 Å². The largest absolute Gasteiger partial charge is 0.369 e. The van der Waals surface area contributed by atoms with Crippen LogP contribution >= 0.6 is 0 Å². The van der Waals surface area contributed by atoms with Crippen LogP contribution in [0.3, 0.4) is 0 Å². The molecule has 0 saturated carbocycles. The van der Waals surface area contributed by atoms with Crippen LogP contribution in [0.1, 0.15) is 36.0 Å². The minimum absolute atomic E-state index is 0.0455. The Morgan fingerprint density at radius 2 is 2.36 bits per heavy atom. The Morgan fingerprint density at radius 3 is 3.00 bits per heavy atom. The van der Waals surface area contributed by atoms with Gasteiger partial charge in [-0.3, -0.25) is 4.79 Å². The lowest BCUT2D eigenvalue weighted by atomic mass is 9.99. The molecule has 2 N–H and O–H groups in total. The van der Waals surface area contributed by atoms with Gasteiger partial charge in [0.2, 0.25) is 5.91 Å². The van der Waals surface area contributed by atoms with Gasteiger partial charge in [0.15, 0.2) is 0 Å². The monoisotopic (exact) mass is 189 g/mol. The molecule has 0 bridgehead atoms. The summed E-state index contributed by atoms with van der Waals surface area (Å²) in [5, 5.41) is 0. The first-order chi connectivity index (χ1) is 6.72. The van der Waals surface area contributed by atoms with Crippen LogP contribution < -0.4 is 5.73 Å². The first-order valence-electron chi connectivity index (χ1n) is 5.13. The molecule has 0 saturated heterocycles. The van der Waals surface area contributed by atoms with Crippen molar-refractivity contribution in [2.45, 2.75) is 32.1 Å². The molecule has 1 aromatic rings. The van der Waals surface area contributed by atoms with E-state index in [4.69, 9.17) is 5.73 Å². The van der Waals surface area contributed by atoms with Gasteiger partial charge in [-0.15, -0.1) is 0 Å². The second-order valence-corrected chi connectivity index (χ2v) is 3.88. The number of benzene rings is 1. The van der Waals surface area contributed by atoms with Crippen molar-refractivity contribution in [1.82, 2.24) is 0 Å². The zero-order valence-electron chi connectivity index (χ0n) is 8.42. The van der Waals surface area contributed by atoms with E-state index in [1.165, 1.54) is 11.1 Å². The average Bonchev–Trinajstić information content (AvgIpc) is 2.59. The van der Waals surface area contributed by atoms with Crippen LogP contribution in [-0.4, -0.2) is 5.91 Å². The van der Waals surface area contributed by atoms with Crippen LogP contribution in [0.5, 0.6) is 0 Å². The molecule has 2 heteroatoms. The topological polar surface area (TPSA) is 43.1 Å². The highest BCUT2D eigenvalue weighted by Crippen LogP contribution is 2.33. The van der Waals surface area contributed by atoms with Crippen LogP contribution in [0.2, 0.25) is 0 Å². The van der Waals surface area contributed by atoms with Gasteiger partial charge in [-0.25, -0.2) is 0 Å². The Hall–Kier alpha value is -1.31. The molecule has 0 heterocycles. The number of hydrogen-bond donors (Lipinski definition) is 1. The lowest BCUT2D eigenvalue weighted by Gasteiger charge is -2.07. The fraction of sp³-hybridized carbons (Fsp3) is 0.417. The molecule has 0 aliphatic heterocycles.